The molecule has 0 heterocycles. The van der Waals surface area contributed by atoms with Crippen LogP contribution in [0.1, 0.15) is 12.5 Å². The van der Waals surface area contributed by atoms with E-state index in [1.54, 1.807) is 12.1 Å². The van der Waals surface area contributed by atoms with E-state index in [1.807, 2.05) is 12.1 Å². The molecule has 11 heavy (non-hydrogen) atoms. The van der Waals surface area contributed by atoms with Crippen LogP contribution in [0.25, 0.3) is 0 Å². The zero-order valence-corrected chi connectivity index (χ0v) is 7.25. The van der Waals surface area contributed by atoms with Gasteiger partial charge in [-0.2, -0.15) is 0 Å². The molecule has 3 heteroatoms. The summed E-state index contributed by atoms with van der Waals surface area (Å²) in [4.78, 5) is 17.6. The quantitative estimate of drug-likeness (QED) is 0.654. The second-order valence-corrected chi connectivity index (χ2v) is 3.40. The van der Waals surface area contributed by atoms with E-state index in [2.05, 4.69) is 6.92 Å². The molecule has 0 amide bonds. The molecular formula is C8H11O2P. The molecule has 60 valence electrons. The van der Waals surface area contributed by atoms with E-state index in [1.165, 1.54) is 5.56 Å². The lowest BCUT2D eigenvalue weighted by Crippen LogP contribution is -1.98. The smallest absolute Gasteiger partial charge is 0.199 e. The van der Waals surface area contributed by atoms with Crippen LogP contribution in [0.2, 0.25) is 0 Å². The van der Waals surface area contributed by atoms with Crippen molar-refractivity contribution in [3.63, 3.8) is 0 Å². The predicted molar refractivity (Wildman–Crippen MR) is 46.8 cm³/mol. The molecule has 0 spiro atoms. The van der Waals surface area contributed by atoms with Gasteiger partial charge in [-0.15, -0.1) is 0 Å². The standard InChI is InChI=1S/C8H11O2P/c1-2-7-3-5-8(6-4-7)11(9)10/h3-6,9-10H,2H2,1H3. The van der Waals surface area contributed by atoms with E-state index in [9.17, 15) is 0 Å². The molecule has 0 aliphatic rings. The topological polar surface area (TPSA) is 40.5 Å². The maximum Gasteiger partial charge on any atom is 0.199 e. The van der Waals surface area contributed by atoms with Gasteiger partial charge in [0.2, 0.25) is 0 Å². The van der Waals surface area contributed by atoms with Crippen LogP contribution in [0.15, 0.2) is 24.3 Å². The second-order valence-electron chi connectivity index (χ2n) is 2.31. The van der Waals surface area contributed by atoms with Gasteiger partial charge in [-0.3, -0.25) is 0 Å². The van der Waals surface area contributed by atoms with Crippen LogP contribution in [0.5, 0.6) is 0 Å². The fourth-order valence-electron chi connectivity index (χ4n) is 0.865. The minimum absolute atomic E-state index is 0.609. The lowest BCUT2D eigenvalue weighted by molar-refractivity contribution is 0.497. The molecule has 1 aromatic rings. The molecular weight excluding hydrogens is 159 g/mol. The van der Waals surface area contributed by atoms with E-state index >= 15 is 0 Å². The predicted octanol–water partition coefficient (Wildman–Crippen LogP) is 1.17. The van der Waals surface area contributed by atoms with E-state index in [4.69, 9.17) is 9.79 Å². The highest BCUT2D eigenvalue weighted by molar-refractivity contribution is 7.54. The normalized spacial score (nSPS) is 10.5. The lowest BCUT2D eigenvalue weighted by atomic mass is 10.2. The van der Waals surface area contributed by atoms with Gasteiger partial charge in [0.1, 0.15) is 0 Å². The van der Waals surface area contributed by atoms with Gasteiger partial charge >= 0.3 is 0 Å². The van der Waals surface area contributed by atoms with Crippen LogP contribution in [-0.2, 0) is 6.42 Å². The highest BCUT2D eigenvalue weighted by Gasteiger charge is 2.01. The maximum absolute atomic E-state index is 8.81. The van der Waals surface area contributed by atoms with Crippen LogP contribution >= 0.6 is 8.38 Å². The SMILES string of the molecule is CCc1ccc(P(O)O)cc1. The zero-order chi connectivity index (χ0) is 8.27. The van der Waals surface area contributed by atoms with Crippen LogP contribution in [0.3, 0.4) is 0 Å². The summed E-state index contributed by atoms with van der Waals surface area (Å²) < 4.78 is 0. The summed E-state index contributed by atoms with van der Waals surface area (Å²) in [5, 5.41) is 0.609. The fraction of sp³-hybridized carbons (Fsp3) is 0.250. The Kier molecular flexibility index (Phi) is 3.01. The molecule has 0 saturated carbocycles. The highest BCUT2D eigenvalue weighted by Crippen LogP contribution is 2.21. The van der Waals surface area contributed by atoms with E-state index < -0.39 is 8.38 Å². The van der Waals surface area contributed by atoms with Crippen molar-refractivity contribution in [2.24, 2.45) is 0 Å². The lowest BCUT2D eigenvalue weighted by Gasteiger charge is -2.02. The Morgan fingerprint density at radius 1 is 1.18 bits per heavy atom. The fourth-order valence-corrected chi connectivity index (χ4v) is 1.28. The van der Waals surface area contributed by atoms with Crippen LogP contribution in [0.4, 0.5) is 0 Å². The molecule has 0 atom stereocenters. The highest BCUT2D eigenvalue weighted by atomic mass is 31.2. The van der Waals surface area contributed by atoms with E-state index in [-0.39, 0.29) is 0 Å². The van der Waals surface area contributed by atoms with Crippen LogP contribution < -0.4 is 5.30 Å². The Morgan fingerprint density at radius 3 is 2.09 bits per heavy atom. The second kappa shape index (κ2) is 3.82. The van der Waals surface area contributed by atoms with Crippen molar-refractivity contribution in [3.8, 4) is 0 Å². The van der Waals surface area contributed by atoms with Crippen molar-refractivity contribution in [2.75, 3.05) is 0 Å². The molecule has 1 aromatic carbocycles. The monoisotopic (exact) mass is 170 g/mol. The van der Waals surface area contributed by atoms with Gasteiger partial charge in [0.15, 0.2) is 8.38 Å². The number of aryl methyl sites for hydroxylation is 1. The molecule has 0 bridgehead atoms. The molecule has 0 aliphatic heterocycles. The van der Waals surface area contributed by atoms with Gasteiger partial charge < -0.3 is 9.79 Å². The summed E-state index contributed by atoms with van der Waals surface area (Å²) in [6.07, 6.45) is 0.981. The molecule has 1 rings (SSSR count). The molecule has 0 unspecified atom stereocenters. The molecule has 0 aromatic heterocycles. The number of rotatable bonds is 2. The summed E-state index contributed by atoms with van der Waals surface area (Å²) in [6, 6.07) is 7.34. The van der Waals surface area contributed by atoms with Crippen molar-refractivity contribution in [3.05, 3.63) is 29.8 Å². The Balaban J connectivity index is 2.83. The van der Waals surface area contributed by atoms with Crippen LogP contribution in [-0.4, -0.2) is 9.79 Å². The molecule has 2 N–H and O–H groups in total. The van der Waals surface area contributed by atoms with Crippen molar-refractivity contribution < 1.29 is 9.79 Å². The van der Waals surface area contributed by atoms with Gasteiger partial charge in [0.05, 0.1) is 0 Å². The molecule has 2 nitrogen and oxygen atoms in total. The maximum atomic E-state index is 8.81. The summed E-state index contributed by atoms with van der Waals surface area (Å²) in [5.74, 6) is 0. The van der Waals surface area contributed by atoms with Crippen LogP contribution in [0, 0.1) is 0 Å². The summed E-state index contributed by atoms with van der Waals surface area (Å²) in [5.41, 5.74) is 1.21. The summed E-state index contributed by atoms with van der Waals surface area (Å²) >= 11 is 0. The minimum atomic E-state index is -1.91. The largest absolute Gasteiger partial charge is 0.347 e. The van der Waals surface area contributed by atoms with Gasteiger partial charge in [-0.25, -0.2) is 0 Å². The Bertz CT molecular complexity index is 218. The Hall–Kier alpha value is -0.430. The van der Waals surface area contributed by atoms with E-state index in [0.29, 0.717) is 5.30 Å². The van der Waals surface area contributed by atoms with Crippen molar-refractivity contribution in [2.45, 2.75) is 13.3 Å². The molecule has 0 fully saturated rings. The molecule has 0 radical (unpaired) electrons. The average Bonchev–Trinajstić information content (AvgIpc) is 2.05. The first-order chi connectivity index (χ1) is 5.24. The van der Waals surface area contributed by atoms with Gasteiger partial charge in [-0.05, 0) is 24.1 Å². The first-order valence-corrected chi connectivity index (χ1v) is 4.75. The first kappa shape index (κ1) is 8.66. The van der Waals surface area contributed by atoms with Crippen molar-refractivity contribution in [1.82, 2.24) is 0 Å². The first-order valence-electron chi connectivity index (χ1n) is 3.51. The number of benzene rings is 1. The zero-order valence-electron chi connectivity index (χ0n) is 6.36. The van der Waals surface area contributed by atoms with Gasteiger partial charge in [0.25, 0.3) is 0 Å². The number of hydrogen-bond donors (Lipinski definition) is 2. The third-order valence-corrected chi connectivity index (χ3v) is 2.34. The van der Waals surface area contributed by atoms with Gasteiger partial charge in [0, 0.05) is 5.30 Å². The summed E-state index contributed by atoms with van der Waals surface area (Å²) in [7, 11) is -1.91. The average molecular weight is 170 g/mol. The third-order valence-electron chi connectivity index (χ3n) is 1.58. The van der Waals surface area contributed by atoms with E-state index in [0.717, 1.165) is 6.42 Å². The van der Waals surface area contributed by atoms with Crippen molar-refractivity contribution in [1.29, 1.82) is 0 Å². The van der Waals surface area contributed by atoms with Gasteiger partial charge in [-0.1, -0.05) is 19.1 Å². The third kappa shape index (κ3) is 2.26. The minimum Gasteiger partial charge on any atom is -0.347 e. The molecule has 0 aliphatic carbocycles. The Labute approximate surface area is 67.4 Å². The summed E-state index contributed by atoms with van der Waals surface area (Å²) in [6.45, 7) is 2.07. The molecule has 0 saturated heterocycles. The number of hydrogen-bond acceptors (Lipinski definition) is 2. The Morgan fingerprint density at radius 2 is 1.73 bits per heavy atom. The van der Waals surface area contributed by atoms with Crippen molar-refractivity contribution >= 4 is 13.7 Å².